The first kappa shape index (κ1) is 69.4. The number of benzene rings is 18. The van der Waals surface area contributed by atoms with Gasteiger partial charge in [0.1, 0.15) is 0 Å². The standard InChI is InChI=1S/2C56H36N4/c1-4-15-37(16-5-1)40-19-14-20-41(33-40)49-36-48(39-17-6-2-7-18-39)57-56(58-49)42-28-27-38-29-30-45(35-43(38)34-42)60-51-26-13-11-24-47(51)55-53(60)32-31-52-54(55)46-23-10-12-25-50(46)59(52)44-21-8-3-9-22-44;1-4-16-37(17-5-1)38-28-30-40(31-29-38)49-36-48(39-18-6-2-7-19-39)57-56(58-49)47-35-43(34-41-20-10-11-23-44(41)47)60-51-27-15-13-25-46(51)55-53(60)33-32-52-54(55)45-24-12-14-26-50(45)59(52)42-21-8-3-9-22-42/h2*1-36H. The Bertz CT molecular complexity index is 8110. The van der Waals surface area contributed by atoms with Crippen molar-refractivity contribution in [1.82, 2.24) is 38.2 Å². The molecule has 0 aliphatic rings. The summed E-state index contributed by atoms with van der Waals surface area (Å²) in [5.74, 6) is 1.38. The van der Waals surface area contributed by atoms with Crippen LogP contribution in [0.5, 0.6) is 0 Å². The van der Waals surface area contributed by atoms with Crippen molar-refractivity contribution in [2.45, 2.75) is 0 Å². The summed E-state index contributed by atoms with van der Waals surface area (Å²) in [5.41, 5.74) is 28.3. The highest BCUT2D eigenvalue weighted by molar-refractivity contribution is 6.30. The summed E-state index contributed by atoms with van der Waals surface area (Å²) in [6.45, 7) is 0. The number of hydrogen-bond donors (Lipinski definition) is 0. The molecule has 0 saturated heterocycles. The fourth-order valence-corrected chi connectivity index (χ4v) is 18.3. The summed E-state index contributed by atoms with van der Waals surface area (Å²) in [5, 5.41) is 14.5. The van der Waals surface area contributed by atoms with E-state index < -0.39 is 0 Å². The maximum atomic E-state index is 5.38. The third-order valence-corrected chi connectivity index (χ3v) is 23.8. The molecule has 6 heterocycles. The predicted molar refractivity (Wildman–Crippen MR) is 500 cm³/mol. The van der Waals surface area contributed by atoms with Crippen molar-refractivity contribution < 1.29 is 0 Å². The van der Waals surface area contributed by atoms with E-state index in [2.05, 4.69) is 443 Å². The molecule has 0 fully saturated rings. The summed E-state index contributed by atoms with van der Waals surface area (Å²) in [7, 11) is 0. The first-order valence-electron chi connectivity index (χ1n) is 40.8. The zero-order valence-electron chi connectivity index (χ0n) is 65.1. The second-order valence-corrected chi connectivity index (χ2v) is 30.8. The van der Waals surface area contributed by atoms with Gasteiger partial charge in [0.05, 0.1) is 66.9 Å². The van der Waals surface area contributed by atoms with Gasteiger partial charge in [-0.15, -0.1) is 0 Å². The van der Waals surface area contributed by atoms with Crippen molar-refractivity contribution in [2.75, 3.05) is 0 Å². The Morgan fingerprint density at radius 3 is 0.958 bits per heavy atom. The first-order chi connectivity index (χ1) is 59.5. The maximum absolute atomic E-state index is 5.38. The van der Waals surface area contributed by atoms with Crippen LogP contribution in [-0.4, -0.2) is 38.2 Å². The molecule has 0 saturated carbocycles. The Morgan fingerprint density at radius 2 is 0.475 bits per heavy atom. The Labute approximate surface area is 692 Å². The van der Waals surface area contributed by atoms with Gasteiger partial charge < -0.3 is 18.3 Å². The molecule has 0 atom stereocenters. The van der Waals surface area contributed by atoms with Gasteiger partial charge in [0.25, 0.3) is 0 Å². The van der Waals surface area contributed by atoms with Gasteiger partial charge in [-0.1, -0.05) is 315 Å². The van der Waals surface area contributed by atoms with E-state index in [1.807, 2.05) is 12.1 Å². The number of fused-ring (bicyclic) bond motifs is 16. The topological polar surface area (TPSA) is 71.3 Å². The first-order valence-corrected chi connectivity index (χ1v) is 40.8. The molecule has 0 bridgehead atoms. The largest absolute Gasteiger partial charge is 0.309 e. The van der Waals surface area contributed by atoms with Crippen molar-refractivity contribution in [2.24, 2.45) is 0 Å². The van der Waals surface area contributed by atoms with Gasteiger partial charge in [0.2, 0.25) is 0 Å². The van der Waals surface area contributed by atoms with Crippen LogP contribution < -0.4 is 0 Å². The Hall–Kier alpha value is -16.2. The summed E-state index contributed by atoms with van der Waals surface area (Å²) < 4.78 is 9.65. The summed E-state index contributed by atoms with van der Waals surface area (Å²) in [6.07, 6.45) is 0. The number of rotatable bonds is 12. The van der Waals surface area contributed by atoms with Gasteiger partial charge >= 0.3 is 0 Å². The van der Waals surface area contributed by atoms with Crippen LogP contribution in [-0.2, 0) is 0 Å². The average Bonchev–Trinajstić information content (AvgIpc) is 1.54. The van der Waals surface area contributed by atoms with Gasteiger partial charge in [-0.05, 0) is 165 Å². The lowest BCUT2D eigenvalue weighted by molar-refractivity contribution is 1.16. The van der Waals surface area contributed by atoms with E-state index in [0.29, 0.717) is 11.6 Å². The van der Waals surface area contributed by atoms with E-state index in [1.165, 1.54) is 92.9 Å². The molecule has 0 aliphatic heterocycles. The van der Waals surface area contributed by atoms with E-state index in [0.717, 1.165) is 117 Å². The van der Waals surface area contributed by atoms with Gasteiger partial charge in [-0.3, -0.25) is 0 Å². The number of aromatic nitrogens is 8. The molecular formula is C112H72N8. The fraction of sp³-hybridized carbons (Fsp3) is 0. The lowest BCUT2D eigenvalue weighted by Crippen LogP contribution is -1.99. The van der Waals surface area contributed by atoms with Crippen LogP contribution in [0.1, 0.15) is 0 Å². The Morgan fingerprint density at radius 1 is 0.150 bits per heavy atom. The summed E-state index contributed by atoms with van der Waals surface area (Å²) >= 11 is 0. The van der Waals surface area contributed by atoms with Crippen LogP contribution in [0.15, 0.2) is 437 Å². The molecule has 8 heteroatoms. The smallest absolute Gasteiger partial charge is 0.161 e. The van der Waals surface area contributed by atoms with Crippen molar-refractivity contribution >= 4 is 109 Å². The van der Waals surface area contributed by atoms with Gasteiger partial charge in [-0.2, -0.15) is 0 Å². The Kier molecular flexibility index (Phi) is 16.7. The second-order valence-electron chi connectivity index (χ2n) is 30.8. The minimum absolute atomic E-state index is 0.686. The van der Waals surface area contributed by atoms with Crippen molar-refractivity contribution in [3.05, 3.63) is 437 Å². The minimum atomic E-state index is 0.686. The second kappa shape index (κ2) is 29.0. The van der Waals surface area contributed by atoms with Crippen LogP contribution in [0.3, 0.4) is 0 Å². The van der Waals surface area contributed by atoms with E-state index >= 15 is 0 Å². The van der Waals surface area contributed by atoms with Crippen LogP contribution in [0.4, 0.5) is 0 Å². The average molecular weight is 1530 g/mol. The van der Waals surface area contributed by atoms with Crippen molar-refractivity contribution in [3.8, 4) is 113 Å². The fourth-order valence-electron chi connectivity index (χ4n) is 18.3. The molecule has 120 heavy (non-hydrogen) atoms. The summed E-state index contributed by atoms with van der Waals surface area (Å²) in [4.78, 5) is 21.2. The third-order valence-electron chi connectivity index (χ3n) is 23.8. The highest BCUT2D eigenvalue weighted by atomic mass is 15.0. The number of hydrogen-bond acceptors (Lipinski definition) is 4. The molecule has 0 N–H and O–H groups in total. The molecule has 18 aromatic carbocycles. The monoisotopic (exact) mass is 1530 g/mol. The van der Waals surface area contributed by atoms with Gasteiger partial charge in [-0.25, -0.2) is 19.9 Å². The molecule has 0 amide bonds. The quantitative estimate of drug-likeness (QED) is 0.122. The molecule has 24 aromatic rings. The molecule has 560 valence electrons. The number of nitrogens with zero attached hydrogens (tertiary/aromatic N) is 8. The summed E-state index contributed by atoms with van der Waals surface area (Å²) in [6, 6.07) is 156. The van der Waals surface area contributed by atoms with Gasteiger partial charge in [0.15, 0.2) is 11.6 Å². The van der Waals surface area contributed by atoms with E-state index in [9.17, 15) is 0 Å². The SMILES string of the molecule is c1ccc(-c2ccc(-c3cc(-c4ccccc4)nc(-c4cc(-n5c6ccccc6c6c7c8ccccc8n(-c8ccccc8)c7ccc65)cc5ccccc45)n3)cc2)cc1.c1ccc(-c2cccc(-c3cc(-c4ccccc4)nc(-c4ccc5ccc(-n6c7ccccc7c7c8c9ccccc9n(-c9ccccc9)c8ccc76)cc5c4)n3)c2)cc1. The van der Waals surface area contributed by atoms with E-state index in [4.69, 9.17) is 19.9 Å². The van der Waals surface area contributed by atoms with Crippen molar-refractivity contribution in [1.29, 1.82) is 0 Å². The van der Waals surface area contributed by atoms with Crippen LogP contribution in [0, 0.1) is 0 Å². The molecule has 8 nitrogen and oxygen atoms in total. The zero-order chi connectivity index (χ0) is 79.1. The third kappa shape index (κ3) is 11.9. The molecule has 6 aromatic heterocycles. The Balaban J connectivity index is 0.000000140. The lowest BCUT2D eigenvalue weighted by Gasteiger charge is -2.15. The molecule has 0 aliphatic carbocycles. The van der Waals surface area contributed by atoms with E-state index in [-0.39, 0.29) is 0 Å². The van der Waals surface area contributed by atoms with Crippen LogP contribution >= 0.6 is 0 Å². The maximum Gasteiger partial charge on any atom is 0.161 e. The normalized spacial score (nSPS) is 11.7. The molecule has 24 rings (SSSR count). The lowest BCUT2D eigenvalue weighted by atomic mass is 10.00. The predicted octanol–water partition coefficient (Wildman–Crippen LogP) is 29.0. The van der Waals surface area contributed by atoms with Gasteiger partial charge in [0, 0.05) is 99.2 Å². The zero-order valence-corrected chi connectivity index (χ0v) is 65.1. The molecular weight excluding hydrogens is 1460 g/mol. The molecule has 0 unspecified atom stereocenters. The highest BCUT2D eigenvalue weighted by Crippen LogP contribution is 2.47. The van der Waals surface area contributed by atoms with Crippen LogP contribution in [0.25, 0.3) is 222 Å². The number of para-hydroxylation sites is 6. The van der Waals surface area contributed by atoms with E-state index in [1.54, 1.807) is 0 Å². The molecule has 0 radical (unpaired) electrons. The highest BCUT2D eigenvalue weighted by Gasteiger charge is 2.25. The van der Waals surface area contributed by atoms with Crippen molar-refractivity contribution in [3.63, 3.8) is 0 Å². The minimum Gasteiger partial charge on any atom is -0.309 e. The van der Waals surface area contributed by atoms with Crippen LogP contribution in [0.2, 0.25) is 0 Å². The molecule has 0 spiro atoms.